The molecule has 0 aliphatic carbocycles. The summed E-state index contributed by atoms with van der Waals surface area (Å²) in [5.74, 6) is -0.119. The zero-order chi connectivity index (χ0) is 11.5. The molecule has 0 saturated heterocycles. The van der Waals surface area contributed by atoms with Crippen LogP contribution in [0.1, 0.15) is 0 Å². The smallest absolute Gasteiger partial charge is 0.210 e. The second-order valence-corrected chi connectivity index (χ2v) is 5.94. The van der Waals surface area contributed by atoms with Gasteiger partial charge in [0.05, 0.1) is 5.75 Å². The molecule has 0 bridgehead atoms. The van der Waals surface area contributed by atoms with Crippen molar-refractivity contribution in [3.8, 4) is 0 Å². The molecule has 1 aromatic carbocycles. The van der Waals surface area contributed by atoms with Crippen molar-refractivity contribution < 1.29 is 8.42 Å². The van der Waals surface area contributed by atoms with Crippen molar-refractivity contribution in [1.82, 2.24) is 0 Å². The van der Waals surface area contributed by atoms with Gasteiger partial charge in [-0.25, -0.2) is 13.6 Å². The first kappa shape index (κ1) is 12.8. The van der Waals surface area contributed by atoms with E-state index in [0.717, 1.165) is 10.2 Å². The fraction of sp³-hybridized carbons (Fsp3) is 0.250. The van der Waals surface area contributed by atoms with Crippen LogP contribution in [0.4, 0.5) is 5.69 Å². The third-order valence-electron chi connectivity index (χ3n) is 1.63. The van der Waals surface area contributed by atoms with Crippen LogP contribution >= 0.6 is 27.5 Å². The molecule has 4 nitrogen and oxygen atoms in total. The second-order valence-electron chi connectivity index (χ2n) is 2.92. The van der Waals surface area contributed by atoms with Gasteiger partial charge in [0.1, 0.15) is 0 Å². The molecule has 0 aliphatic heterocycles. The summed E-state index contributed by atoms with van der Waals surface area (Å²) in [4.78, 5) is 0. The molecule has 0 amide bonds. The molecule has 84 valence electrons. The van der Waals surface area contributed by atoms with Gasteiger partial charge in [0.15, 0.2) is 0 Å². The third-order valence-corrected chi connectivity index (χ3v) is 3.33. The van der Waals surface area contributed by atoms with Crippen molar-refractivity contribution in [2.45, 2.75) is 0 Å². The Labute approximate surface area is 102 Å². The molecular formula is C8H10BrClN2O2S. The highest BCUT2D eigenvalue weighted by molar-refractivity contribution is 9.10. The monoisotopic (exact) mass is 312 g/mol. The molecule has 1 aromatic rings. The Morgan fingerprint density at radius 1 is 1.47 bits per heavy atom. The van der Waals surface area contributed by atoms with Crippen LogP contribution in [0.15, 0.2) is 22.7 Å². The number of nitrogens with two attached hydrogens (primary N) is 1. The number of sulfonamides is 1. The first-order valence-electron chi connectivity index (χ1n) is 4.08. The number of rotatable bonds is 4. The lowest BCUT2D eigenvalue weighted by Crippen LogP contribution is -2.22. The molecule has 7 heteroatoms. The summed E-state index contributed by atoms with van der Waals surface area (Å²) in [5.41, 5.74) is 0.742. The van der Waals surface area contributed by atoms with E-state index in [-0.39, 0.29) is 12.3 Å². The van der Waals surface area contributed by atoms with E-state index in [2.05, 4.69) is 21.2 Å². The Balaban J connectivity index is 2.61. The molecule has 0 radical (unpaired) electrons. The third kappa shape index (κ3) is 4.83. The van der Waals surface area contributed by atoms with Crippen molar-refractivity contribution in [2.24, 2.45) is 5.14 Å². The van der Waals surface area contributed by atoms with E-state index in [1.54, 1.807) is 18.2 Å². The number of hydrogen-bond acceptors (Lipinski definition) is 3. The van der Waals surface area contributed by atoms with Gasteiger partial charge in [-0.2, -0.15) is 0 Å². The highest BCUT2D eigenvalue weighted by Crippen LogP contribution is 2.25. The fourth-order valence-corrected chi connectivity index (χ4v) is 1.91. The van der Waals surface area contributed by atoms with Gasteiger partial charge in [0.25, 0.3) is 0 Å². The predicted molar refractivity (Wildman–Crippen MR) is 65.6 cm³/mol. The van der Waals surface area contributed by atoms with E-state index in [9.17, 15) is 8.42 Å². The molecule has 0 atom stereocenters. The number of anilines is 1. The summed E-state index contributed by atoms with van der Waals surface area (Å²) < 4.78 is 22.2. The number of benzene rings is 1. The lowest BCUT2D eigenvalue weighted by atomic mass is 10.3. The molecule has 0 saturated carbocycles. The van der Waals surface area contributed by atoms with E-state index in [4.69, 9.17) is 16.7 Å². The number of primary sulfonamides is 1. The number of nitrogens with one attached hydrogen (secondary N) is 1. The fourth-order valence-electron chi connectivity index (χ4n) is 0.961. The maximum Gasteiger partial charge on any atom is 0.210 e. The van der Waals surface area contributed by atoms with E-state index in [0.29, 0.717) is 5.02 Å². The standard InChI is InChI=1S/C8H10BrClN2O2S/c9-7-2-1-6(10)5-8(7)12-3-4-15(11,13)14/h1-2,5,12H,3-4H2,(H2,11,13,14). The molecule has 3 N–H and O–H groups in total. The van der Waals surface area contributed by atoms with Crippen LogP contribution in [0.2, 0.25) is 5.02 Å². The highest BCUT2D eigenvalue weighted by Gasteiger charge is 2.04. The van der Waals surface area contributed by atoms with Gasteiger partial charge in [-0.1, -0.05) is 11.6 Å². The summed E-state index contributed by atoms with van der Waals surface area (Å²) in [5, 5.41) is 8.36. The van der Waals surface area contributed by atoms with Crippen molar-refractivity contribution in [1.29, 1.82) is 0 Å². The van der Waals surface area contributed by atoms with Crippen LogP contribution < -0.4 is 10.5 Å². The van der Waals surface area contributed by atoms with Gasteiger partial charge < -0.3 is 5.32 Å². The van der Waals surface area contributed by atoms with Crippen molar-refractivity contribution >= 4 is 43.2 Å². The zero-order valence-electron chi connectivity index (χ0n) is 7.70. The van der Waals surface area contributed by atoms with E-state index in [1.165, 1.54) is 0 Å². The maximum atomic E-state index is 10.7. The maximum absolute atomic E-state index is 10.7. The number of halogens is 2. The van der Waals surface area contributed by atoms with E-state index < -0.39 is 10.0 Å². The first-order chi connectivity index (χ1) is 6.88. The average molecular weight is 314 g/mol. The SMILES string of the molecule is NS(=O)(=O)CCNc1cc(Cl)ccc1Br. The van der Waals surface area contributed by atoms with Crippen LogP contribution in [0, 0.1) is 0 Å². The zero-order valence-corrected chi connectivity index (χ0v) is 10.9. The minimum absolute atomic E-state index is 0.119. The van der Waals surface area contributed by atoms with Crippen LogP contribution in [0.5, 0.6) is 0 Å². The summed E-state index contributed by atoms with van der Waals surface area (Å²) in [6.45, 7) is 0.248. The van der Waals surface area contributed by atoms with Gasteiger partial charge >= 0.3 is 0 Å². The van der Waals surface area contributed by atoms with E-state index in [1.807, 2.05) is 0 Å². The van der Waals surface area contributed by atoms with Crippen molar-refractivity contribution in [3.05, 3.63) is 27.7 Å². The Hall–Kier alpha value is -0.300. The highest BCUT2D eigenvalue weighted by atomic mass is 79.9. The Kier molecular flexibility index (Phi) is 4.39. The summed E-state index contributed by atoms with van der Waals surface area (Å²) in [7, 11) is -3.43. The van der Waals surface area contributed by atoms with Crippen LogP contribution in [0.3, 0.4) is 0 Å². The Bertz CT molecular complexity index is 450. The average Bonchev–Trinajstić information content (AvgIpc) is 2.09. The quantitative estimate of drug-likeness (QED) is 0.890. The summed E-state index contributed by atoms with van der Waals surface area (Å²) in [6, 6.07) is 5.22. The topological polar surface area (TPSA) is 72.2 Å². The van der Waals surface area contributed by atoms with Gasteiger partial charge in [-0.05, 0) is 34.1 Å². The summed E-state index contributed by atoms with van der Waals surface area (Å²) in [6.07, 6.45) is 0. The molecular weight excluding hydrogens is 304 g/mol. The minimum atomic E-state index is -3.43. The molecule has 0 spiro atoms. The molecule has 0 fully saturated rings. The molecule has 0 heterocycles. The predicted octanol–water partition coefficient (Wildman–Crippen LogP) is 1.80. The van der Waals surface area contributed by atoms with Gasteiger partial charge in [-0.15, -0.1) is 0 Å². The normalized spacial score (nSPS) is 11.4. The van der Waals surface area contributed by atoms with Crippen molar-refractivity contribution in [2.75, 3.05) is 17.6 Å². The molecule has 15 heavy (non-hydrogen) atoms. The summed E-state index contributed by atoms with van der Waals surface area (Å²) >= 11 is 9.09. The first-order valence-corrected chi connectivity index (χ1v) is 6.96. The molecule has 0 unspecified atom stereocenters. The van der Waals surface area contributed by atoms with Gasteiger partial charge in [0, 0.05) is 21.7 Å². The largest absolute Gasteiger partial charge is 0.383 e. The van der Waals surface area contributed by atoms with Gasteiger partial charge in [0.2, 0.25) is 10.0 Å². The molecule has 0 aliphatic rings. The molecule has 0 aromatic heterocycles. The lowest BCUT2D eigenvalue weighted by Gasteiger charge is -2.07. The van der Waals surface area contributed by atoms with Crippen LogP contribution in [-0.2, 0) is 10.0 Å². The Morgan fingerprint density at radius 2 is 2.13 bits per heavy atom. The Morgan fingerprint density at radius 3 is 2.73 bits per heavy atom. The van der Waals surface area contributed by atoms with Crippen LogP contribution in [-0.4, -0.2) is 20.7 Å². The lowest BCUT2D eigenvalue weighted by molar-refractivity contribution is 0.598. The minimum Gasteiger partial charge on any atom is -0.383 e. The van der Waals surface area contributed by atoms with E-state index >= 15 is 0 Å². The van der Waals surface area contributed by atoms with Crippen LogP contribution in [0.25, 0.3) is 0 Å². The number of hydrogen-bond donors (Lipinski definition) is 2. The molecule has 1 rings (SSSR count). The van der Waals surface area contributed by atoms with Gasteiger partial charge in [-0.3, -0.25) is 0 Å². The van der Waals surface area contributed by atoms with Crippen molar-refractivity contribution in [3.63, 3.8) is 0 Å². The second kappa shape index (κ2) is 5.16.